The number of hydrogen-bond acceptors (Lipinski definition) is 2. The number of ether oxygens (including phenoxy) is 1. The van der Waals surface area contributed by atoms with E-state index in [-0.39, 0.29) is 12.2 Å². The normalized spacial score (nSPS) is 30.2. The first-order chi connectivity index (χ1) is 7.29. The molecule has 0 aromatic heterocycles. The van der Waals surface area contributed by atoms with Crippen LogP contribution in [0.2, 0.25) is 0 Å². The van der Waals surface area contributed by atoms with Crippen molar-refractivity contribution in [1.29, 1.82) is 0 Å². The van der Waals surface area contributed by atoms with Crippen molar-refractivity contribution < 1.29 is 9.53 Å². The lowest BCUT2D eigenvalue weighted by molar-refractivity contribution is 0.00915. The molecule has 1 saturated heterocycles. The van der Waals surface area contributed by atoms with Gasteiger partial charge in [0.1, 0.15) is 6.10 Å². The molecule has 0 unspecified atom stereocenters. The molecule has 1 heterocycles. The van der Waals surface area contributed by atoms with Gasteiger partial charge >= 0.3 is 6.09 Å². The Balaban J connectivity index is 1.71. The van der Waals surface area contributed by atoms with Crippen LogP contribution in [0.4, 0.5) is 4.79 Å². The molecular formula is C12H17NO2. The fraction of sp³-hybridized carbons (Fsp3) is 0.750. The molecule has 0 spiro atoms. The number of likely N-dealkylation sites (tertiary alicyclic amines) is 1. The lowest BCUT2D eigenvalue weighted by Gasteiger charge is -2.34. The molecule has 2 rings (SSSR count). The summed E-state index contributed by atoms with van der Waals surface area (Å²) in [5.74, 6) is 3.00. The molecule has 0 aromatic rings. The fourth-order valence-corrected chi connectivity index (χ4v) is 2.09. The summed E-state index contributed by atoms with van der Waals surface area (Å²) in [7, 11) is 0. The van der Waals surface area contributed by atoms with Gasteiger partial charge in [-0.25, -0.2) is 4.79 Å². The van der Waals surface area contributed by atoms with Crippen molar-refractivity contribution in [2.45, 2.75) is 38.2 Å². The van der Waals surface area contributed by atoms with Crippen LogP contribution in [0.15, 0.2) is 0 Å². The van der Waals surface area contributed by atoms with Gasteiger partial charge in [-0.15, -0.1) is 12.3 Å². The van der Waals surface area contributed by atoms with E-state index in [1.54, 1.807) is 0 Å². The molecule has 15 heavy (non-hydrogen) atoms. The predicted octanol–water partition coefficient (Wildman–Crippen LogP) is 2.02. The zero-order valence-electron chi connectivity index (χ0n) is 8.95. The lowest BCUT2D eigenvalue weighted by atomic mass is 9.83. The van der Waals surface area contributed by atoms with Gasteiger partial charge < -0.3 is 9.64 Å². The first-order valence-corrected chi connectivity index (χ1v) is 5.71. The quantitative estimate of drug-likeness (QED) is 0.616. The molecule has 0 N–H and O–H groups in total. The van der Waals surface area contributed by atoms with Crippen LogP contribution < -0.4 is 0 Å². The van der Waals surface area contributed by atoms with Crippen molar-refractivity contribution in [1.82, 2.24) is 4.90 Å². The van der Waals surface area contributed by atoms with Crippen LogP contribution in [0.1, 0.15) is 32.1 Å². The molecule has 1 saturated carbocycles. The number of carbonyl (C=O) groups is 1. The Morgan fingerprint density at radius 3 is 2.53 bits per heavy atom. The topological polar surface area (TPSA) is 29.5 Å². The van der Waals surface area contributed by atoms with Gasteiger partial charge in [-0.3, -0.25) is 0 Å². The Bertz CT molecular complexity index is 270. The summed E-state index contributed by atoms with van der Waals surface area (Å²) >= 11 is 0. The van der Waals surface area contributed by atoms with Crippen LogP contribution in [0.3, 0.4) is 0 Å². The number of carbonyl (C=O) groups excluding carboxylic acids is 1. The van der Waals surface area contributed by atoms with Crippen molar-refractivity contribution in [3.63, 3.8) is 0 Å². The van der Waals surface area contributed by atoms with Gasteiger partial charge in [-0.1, -0.05) is 0 Å². The van der Waals surface area contributed by atoms with Gasteiger partial charge in [0.05, 0.1) is 0 Å². The van der Waals surface area contributed by atoms with E-state index in [1.165, 1.54) is 6.42 Å². The highest BCUT2D eigenvalue weighted by atomic mass is 16.6. The monoisotopic (exact) mass is 207 g/mol. The van der Waals surface area contributed by atoms with Gasteiger partial charge in [0.2, 0.25) is 0 Å². The van der Waals surface area contributed by atoms with E-state index in [1.807, 2.05) is 4.90 Å². The first-order valence-electron chi connectivity index (χ1n) is 5.71. The van der Waals surface area contributed by atoms with Crippen LogP contribution in [-0.2, 0) is 4.74 Å². The fourth-order valence-electron chi connectivity index (χ4n) is 2.09. The number of piperidine rings is 1. The second-order valence-electron chi connectivity index (χ2n) is 4.39. The zero-order valence-corrected chi connectivity index (χ0v) is 8.95. The highest BCUT2D eigenvalue weighted by Gasteiger charge is 2.32. The van der Waals surface area contributed by atoms with E-state index < -0.39 is 0 Å². The molecule has 3 nitrogen and oxygen atoms in total. The van der Waals surface area contributed by atoms with Crippen LogP contribution >= 0.6 is 0 Å². The number of hydrogen-bond donors (Lipinski definition) is 0. The number of nitrogens with zero attached hydrogens (tertiary/aromatic N) is 1. The standard InChI is InChI=1S/C12H17NO2/c1-2-10-8-11(9-10)15-12(14)13-6-4-3-5-7-13/h1,10-11H,3-9H2. The summed E-state index contributed by atoms with van der Waals surface area (Å²) in [4.78, 5) is 13.5. The zero-order chi connectivity index (χ0) is 10.7. The van der Waals surface area contributed by atoms with Gasteiger partial charge in [-0.05, 0) is 32.1 Å². The third-order valence-electron chi connectivity index (χ3n) is 3.21. The molecule has 2 aliphatic rings. The SMILES string of the molecule is C#CC1CC(OC(=O)N2CCCCC2)C1. The van der Waals surface area contributed by atoms with Gasteiger partial charge in [0.15, 0.2) is 0 Å². The minimum absolute atomic E-state index is 0.0699. The van der Waals surface area contributed by atoms with E-state index >= 15 is 0 Å². The molecule has 3 heteroatoms. The molecule has 0 radical (unpaired) electrons. The van der Waals surface area contributed by atoms with Crippen molar-refractivity contribution in [3.05, 3.63) is 0 Å². The lowest BCUT2D eigenvalue weighted by Crippen LogP contribution is -2.41. The van der Waals surface area contributed by atoms with Crippen LogP contribution in [0.25, 0.3) is 0 Å². The van der Waals surface area contributed by atoms with Crippen molar-refractivity contribution in [3.8, 4) is 12.3 Å². The summed E-state index contributed by atoms with van der Waals surface area (Å²) in [5, 5.41) is 0. The Hall–Kier alpha value is -1.17. The van der Waals surface area contributed by atoms with Crippen molar-refractivity contribution in [2.75, 3.05) is 13.1 Å². The Morgan fingerprint density at radius 1 is 1.27 bits per heavy atom. The largest absolute Gasteiger partial charge is 0.446 e. The van der Waals surface area contributed by atoms with Crippen molar-refractivity contribution in [2.24, 2.45) is 5.92 Å². The van der Waals surface area contributed by atoms with Crippen LogP contribution in [0, 0.1) is 18.3 Å². The molecule has 0 aromatic carbocycles. The highest BCUT2D eigenvalue weighted by molar-refractivity contribution is 5.68. The van der Waals surface area contributed by atoms with Crippen LogP contribution in [-0.4, -0.2) is 30.2 Å². The number of amides is 1. The summed E-state index contributed by atoms with van der Waals surface area (Å²) < 4.78 is 5.35. The average molecular weight is 207 g/mol. The maximum atomic E-state index is 11.6. The van der Waals surface area contributed by atoms with E-state index in [9.17, 15) is 4.79 Å². The smallest absolute Gasteiger partial charge is 0.410 e. The predicted molar refractivity (Wildman–Crippen MR) is 57.3 cm³/mol. The third kappa shape index (κ3) is 2.44. The Labute approximate surface area is 90.8 Å². The molecule has 82 valence electrons. The minimum atomic E-state index is -0.143. The van der Waals surface area contributed by atoms with E-state index in [4.69, 9.17) is 11.2 Å². The second-order valence-corrected chi connectivity index (χ2v) is 4.39. The molecule has 0 atom stereocenters. The summed E-state index contributed by atoms with van der Waals surface area (Å²) in [5.41, 5.74) is 0. The molecule has 1 amide bonds. The van der Waals surface area contributed by atoms with Crippen molar-refractivity contribution >= 4 is 6.09 Å². The third-order valence-corrected chi connectivity index (χ3v) is 3.21. The summed E-state index contributed by atoms with van der Waals surface area (Å²) in [6.07, 6.45) is 10.3. The number of terminal acetylenes is 1. The number of rotatable bonds is 1. The second kappa shape index (κ2) is 4.57. The summed E-state index contributed by atoms with van der Waals surface area (Å²) in [6.45, 7) is 1.70. The van der Waals surface area contributed by atoms with Gasteiger partial charge in [-0.2, -0.15) is 0 Å². The van der Waals surface area contributed by atoms with E-state index in [2.05, 4.69) is 5.92 Å². The van der Waals surface area contributed by atoms with E-state index in [0.29, 0.717) is 5.92 Å². The Morgan fingerprint density at radius 2 is 1.93 bits per heavy atom. The molecule has 2 fully saturated rings. The highest BCUT2D eigenvalue weighted by Crippen LogP contribution is 2.29. The minimum Gasteiger partial charge on any atom is -0.446 e. The van der Waals surface area contributed by atoms with Gasteiger partial charge in [0, 0.05) is 19.0 Å². The molecule has 0 bridgehead atoms. The maximum absolute atomic E-state index is 11.6. The first kappa shape index (κ1) is 10.4. The van der Waals surface area contributed by atoms with E-state index in [0.717, 1.165) is 38.8 Å². The molecule has 1 aliphatic carbocycles. The average Bonchev–Trinajstić information content (AvgIpc) is 2.23. The molecule has 1 aliphatic heterocycles. The Kier molecular flexibility index (Phi) is 3.15. The van der Waals surface area contributed by atoms with Gasteiger partial charge in [0.25, 0.3) is 0 Å². The van der Waals surface area contributed by atoms with Crippen LogP contribution in [0.5, 0.6) is 0 Å². The molecular weight excluding hydrogens is 190 g/mol. The maximum Gasteiger partial charge on any atom is 0.410 e. The summed E-state index contributed by atoms with van der Waals surface area (Å²) in [6, 6.07) is 0.